The average molecular weight is 771 g/mol. The van der Waals surface area contributed by atoms with Gasteiger partial charge in [-0.05, 0) is 109 Å². The minimum atomic E-state index is -0.616. The fourth-order valence-electron chi connectivity index (χ4n) is 5.07. The first-order valence-electron chi connectivity index (χ1n) is 21.7. The molecule has 0 aliphatic heterocycles. The molecule has 0 aliphatic rings. The van der Waals surface area contributed by atoms with Gasteiger partial charge < -0.3 is 14.2 Å². The molecule has 0 saturated carbocycles. The maximum absolute atomic E-state index is 12.7. The van der Waals surface area contributed by atoms with Crippen LogP contribution in [0.3, 0.4) is 0 Å². The van der Waals surface area contributed by atoms with Gasteiger partial charge in [-0.3, -0.25) is 9.59 Å². The number of esters is 2. The first-order chi connectivity index (χ1) is 27.6. The van der Waals surface area contributed by atoms with Crippen molar-refractivity contribution in [2.45, 2.75) is 155 Å². The second kappa shape index (κ2) is 45.4. The maximum Gasteiger partial charge on any atom is 0.306 e. The van der Waals surface area contributed by atoms with Gasteiger partial charge in [0.2, 0.25) is 0 Å². The van der Waals surface area contributed by atoms with Crippen LogP contribution in [-0.4, -0.2) is 37.9 Å². The fourth-order valence-corrected chi connectivity index (χ4v) is 5.07. The number of carbonyl (C=O) groups excluding carboxylic acids is 2. The Hall–Kier alpha value is -3.96. The molecule has 0 rings (SSSR count). The van der Waals surface area contributed by atoms with Crippen LogP contribution in [0.4, 0.5) is 0 Å². The topological polar surface area (TPSA) is 61.8 Å². The minimum Gasteiger partial charge on any atom is -0.462 e. The summed E-state index contributed by atoms with van der Waals surface area (Å²) in [4.78, 5) is 25.2. The average Bonchev–Trinajstić information content (AvgIpc) is 3.20. The largest absolute Gasteiger partial charge is 0.462 e. The van der Waals surface area contributed by atoms with Gasteiger partial charge in [0.25, 0.3) is 0 Å². The zero-order valence-electron chi connectivity index (χ0n) is 35.6. The van der Waals surface area contributed by atoms with Crippen LogP contribution >= 0.6 is 0 Å². The summed E-state index contributed by atoms with van der Waals surface area (Å²) in [5.74, 6) is -0.572. The van der Waals surface area contributed by atoms with Gasteiger partial charge in [0.1, 0.15) is 6.61 Å². The highest BCUT2D eigenvalue weighted by molar-refractivity contribution is 5.70. The van der Waals surface area contributed by atoms with E-state index in [0.717, 1.165) is 109 Å². The summed E-state index contributed by atoms with van der Waals surface area (Å²) in [5.41, 5.74) is 0. The standard InChI is InChI=1S/C51H78O5/c1-4-7-10-13-16-19-22-25-28-31-34-37-40-43-46-54-47-49(56-51(53)45-42-39-36-33-30-27-24-21-18-15-12-9-6-3)48-55-50(52)44-41-38-35-32-29-26-23-20-17-14-11-8-5-2/h7-12,16-21,25-30,34-35,37-38,49H,4-6,13-15,22-24,31-33,36,39-48H2,1-3H3/b10-7-,11-8-,12-9-,19-16-,20-17-,21-18-,28-25-,29-26-,30-27-,37-34-,38-35-. The summed E-state index contributed by atoms with van der Waals surface area (Å²) in [7, 11) is 0. The van der Waals surface area contributed by atoms with Crippen molar-refractivity contribution in [3.63, 3.8) is 0 Å². The molecule has 1 atom stereocenters. The highest BCUT2D eigenvalue weighted by Gasteiger charge is 2.17. The Morgan fingerprint density at radius 2 is 0.786 bits per heavy atom. The van der Waals surface area contributed by atoms with Crippen molar-refractivity contribution in [2.75, 3.05) is 19.8 Å². The summed E-state index contributed by atoms with van der Waals surface area (Å²) in [5, 5.41) is 0. The van der Waals surface area contributed by atoms with Crippen LogP contribution in [0.2, 0.25) is 0 Å². The third-order valence-corrected chi connectivity index (χ3v) is 8.18. The Bertz CT molecular complexity index is 1240. The summed E-state index contributed by atoms with van der Waals surface area (Å²) in [6.45, 7) is 7.19. The summed E-state index contributed by atoms with van der Waals surface area (Å²) >= 11 is 0. The molecule has 1 unspecified atom stereocenters. The zero-order chi connectivity index (χ0) is 40.7. The normalized spacial score (nSPS) is 13.6. The molecule has 0 fully saturated rings. The molecule has 0 aromatic heterocycles. The lowest BCUT2D eigenvalue weighted by atomic mass is 10.1. The van der Waals surface area contributed by atoms with Gasteiger partial charge in [0, 0.05) is 19.4 Å². The van der Waals surface area contributed by atoms with E-state index in [2.05, 4.69) is 148 Å². The van der Waals surface area contributed by atoms with E-state index in [-0.39, 0.29) is 31.6 Å². The number of ether oxygens (including phenoxy) is 3. The van der Waals surface area contributed by atoms with Crippen molar-refractivity contribution in [1.29, 1.82) is 0 Å². The molecule has 56 heavy (non-hydrogen) atoms. The second-order valence-electron chi connectivity index (χ2n) is 13.4. The molecule has 0 bridgehead atoms. The van der Waals surface area contributed by atoms with Crippen molar-refractivity contribution in [1.82, 2.24) is 0 Å². The molecule has 0 N–H and O–H groups in total. The molecule has 0 aromatic rings. The number of unbranched alkanes of at least 4 members (excludes halogenated alkanes) is 4. The van der Waals surface area contributed by atoms with E-state index < -0.39 is 6.10 Å². The molecule has 0 saturated heterocycles. The molecule has 0 spiro atoms. The number of rotatable bonds is 37. The Labute approximate surface area is 343 Å². The van der Waals surface area contributed by atoms with Crippen LogP contribution in [-0.2, 0) is 23.8 Å². The van der Waals surface area contributed by atoms with E-state index in [0.29, 0.717) is 19.4 Å². The summed E-state index contributed by atoms with van der Waals surface area (Å²) in [6.07, 6.45) is 64.8. The third kappa shape index (κ3) is 42.8. The second-order valence-corrected chi connectivity index (χ2v) is 13.4. The SMILES string of the molecule is CC/C=C\C/C=C\C/C=C\C/C=C\CCCOCC(COC(=O)CC/C=C\C/C=C\C/C=C\C/C=C\CC)OC(=O)CCCCC/C=C\C/C=C\C/C=C\CC. The van der Waals surface area contributed by atoms with Gasteiger partial charge in [0.05, 0.1) is 6.61 Å². The van der Waals surface area contributed by atoms with Crippen LogP contribution in [0.1, 0.15) is 149 Å². The lowest BCUT2D eigenvalue weighted by Gasteiger charge is -2.18. The van der Waals surface area contributed by atoms with Gasteiger partial charge >= 0.3 is 11.9 Å². The first kappa shape index (κ1) is 52.0. The number of allylic oxidation sites excluding steroid dienone is 22. The van der Waals surface area contributed by atoms with E-state index in [1.807, 2.05) is 6.08 Å². The quantitative estimate of drug-likeness (QED) is 0.0358. The number of carbonyl (C=O) groups is 2. The zero-order valence-corrected chi connectivity index (χ0v) is 35.6. The van der Waals surface area contributed by atoms with Crippen molar-refractivity contribution >= 4 is 11.9 Å². The summed E-state index contributed by atoms with van der Waals surface area (Å²) < 4.78 is 17.1. The molecule has 312 valence electrons. The predicted molar refractivity (Wildman–Crippen MR) is 242 cm³/mol. The summed E-state index contributed by atoms with van der Waals surface area (Å²) in [6, 6.07) is 0. The lowest BCUT2D eigenvalue weighted by molar-refractivity contribution is -0.162. The van der Waals surface area contributed by atoms with Crippen molar-refractivity contribution in [3.8, 4) is 0 Å². The van der Waals surface area contributed by atoms with E-state index in [1.54, 1.807) is 0 Å². The predicted octanol–water partition coefficient (Wildman–Crippen LogP) is 14.4. The Kier molecular flexibility index (Phi) is 42.2. The van der Waals surface area contributed by atoms with Crippen LogP contribution in [0.15, 0.2) is 134 Å². The lowest BCUT2D eigenvalue weighted by Crippen LogP contribution is -2.30. The van der Waals surface area contributed by atoms with Crippen LogP contribution in [0, 0.1) is 0 Å². The molecule has 0 aromatic carbocycles. The van der Waals surface area contributed by atoms with Crippen molar-refractivity contribution in [3.05, 3.63) is 134 Å². The van der Waals surface area contributed by atoms with Gasteiger partial charge in [0.15, 0.2) is 6.10 Å². The van der Waals surface area contributed by atoms with E-state index in [9.17, 15) is 9.59 Å². The number of hydrogen-bond donors (Lipinski definition) is 0. The number of hydrogen-bond acceptors (Lipinski definition) is 5. The van der Waals surface area contributed by atoms with E-state index >= 15 is 0 Å². The Morgan fingerprint density at radius 1 is 0.393 bits per heavy atom. The van der Waals surface area contributed by atoms with Crippen molar-refractivity contribution in [2.24, 2.45) is 0 Å². The fraction of sp³-hybridized carbons (Fsp3) is 0.529. The third-order valence-electron chi connectivity index (χ3n) is 8.18. The maximum atomic E-state index is 12.7. The van der Waals surface area contributed by atoms with Crippen LogP contribution in [0.5, 0.6) is 0 Å². The monoisotopic (exact) mass is 771 g/mol. The van der Waals surface area contributed by atoms with E-state index in [1.165, 1.54) is 0 Å². The molecule has 0 aliphatic carbocycles. The van der Waals surface area contributed by atoms with Gasteiger partial charge in [-0.1, -0.05) is 161 Å². The molecule has 0 heterocycles. The molecule has 5 nitrogen and oxygen atoms in total. The molecule has 0 amide bonds. The first-order valence-corrected chi connectivity index (χ1v) is 21.7. The van der Waals surface area contributed by atoms with Gasteiger partial charge in [-0.25, -0.2) is 0 Å². The van der Waals surface area contributed by atoms with Crippen molar-refractivity contribution < 1.29 is 23.8 Å². The van der Waals surface area contributed by atoms with Gasteiger partial charge in [-0.2, -0.15) is 0 Å². The van der Waals surface area contributed by atoms with Crippen LogP contribution < -0.4 is 0 Å². The highest BCUT2D eigenvalue weighted by Crippen LogP contribution is 2.09. The Balaban J connectivity index is 4.54. The minimum absolute atomic E-state index is 0.00375. The van der Waals surface area contributed by atoms with Crippen LogP contribution in [0.25, 0.3) is 0 Å². The van der Waals surface area contributed by atoms with Gasteiger partial charge in [-0.15, -0.1) is 0 Å². The molecular weight excluding hydrogens is 693 g/mol. The Morgan fingerprint density at radius 3 is 1.23 bits per heavy atom. The highest BCUT2D eigenvalue weighted by atomic mass is 16.6. The molecule has 0 radical (unpaired) electrons. The van der Waals surface area contributed by atoms with E-state index in [4.69, 9.17) is 14.2 Å². The smallest absolute Gasteiger partial charge is 0.306 e. The molecule has 5 heteroatoms. The molecular formula is C51H78O5.